The van der Waals surface area contributed by atoms with Gasteiger partial charge in [0.15, 0.2) is 0 Å². The summed E-state index contributed by atoms with van der Waals surface area (Å²) in [5.74, 6) is 1.22. The topological polar surface area (TPSA) is 27.6 Å². The monoisotopic (exact) mass is 181 g/mol. The number of nitrogens with zero attached hydrogens (tertiary/aromatic N) is 2. The molecule has 13 heavy (non-hydrogen) atoms. The lowest BCUT2D eigenvalue weighted by molar-refractivity contribution is 0.482. The highest BCUT2D eigenvalue weighted by molar-refractivity contribution is 5.83. The number of aliphatic imine (C=N–C) groups is 1. The van der Waals surface area contributed by atoms with Crippen molar-refractivity contribution in [1.29, 1.82) is 0 Å². The molecule has 1 N–H and O–H groups in total. The molecule has 1 aliphatic heterocycles. The van der Waals surface area contributed by atoms with E-state index in [1.165, 1.54) is 5.84 Å². The van der Waals surface area contributed by atoms with Gasteiger partial charge < -0.3 is 10.2 Å². The van der Waals surface area contributed by atoms with E-state index >= 15 is 0 Å². The molecule has 0 atom stereocenters. The molecule has 1 rings (SSSR count). The molecule has 0 amide bonds. The second-order valence-electron chi connectivity index (χ2n) is 3.44. The lowest BCUT2D eigenvalue weighted by Gasteiger charge is -2.23. The Morgan fingerprint density at radius 3 is 3.00 bits per heavy atom. The van der Waals surface area contributed by atoms with E-state index in [0.717, 1.165) is 31.6 Å². The van der Waals surface area contributed by atoms with Crippen molar-refractivity contribution in [2.45, 2.75) is 19.8 Å². The zero-order valence-corrected chi connectivity index (χ0v) is 8.80. The summed E-state index contributed by atoms with van der Waals surface area (Å²) in [7, 11) is 4.08. The molecule has 0 unspecified atom stereocenters. The number of hydrogen-bond acceptors (Lipinski definition) is 3. The maximum atomic E-state index is 4.51. The molecule has 1 heterocycles. The van der Waals surface area contributed by atoms with Crippen LogP contribution in [-0.2, 0) is 0 Å². The Morgan fingerprint density at radius 1 is 1.62 bits per heavy atom. The Hall–Kier alpha value is -0.830. The van der Waals surface area contributed by atoms with Crippen molar-refractivity contribution in [1.82, 2.24) is 10.2 Å². The van der Waals surface area contributed by atoms with Crippen LogP contribution in [0, 0.1) is 0 Å². The first kappa shape index (κ1) is 10.3. The van der Waals surface area contributed by atoms with Crippen LogP contribution in [0.5, 0.6) is 0 Å². The van der Waals surface area contributed by atoms with Crippen molar-refractivity contribution < 1.29 is 0 Å². The zero-order valence-electron chi connectivity index (χ0n) is 8.80. The second-order valence-corrected chi connectivity index (χ2v) is 3.44. The molecule has 0 radical (unpaired) electrons. The highest BCUT2D eigenvalue weighted by Crippen LogP contribution is 2.11. The Kier molecular flexibility index (Phi) is 3.96. The summed E-state index contributed by atoms with van der Waals surface area (Å²) in [5.41, 5.74) is 1.15. The maximum absolute atomic E-state index is 4.51. The molecular weight excluding hydrogens is 162 g/mol. The molecule has 0 saturated heterocycles. The van der Waals surface area contributed by atoms with Crippen LogP contribution in [0.2, 0.25) is 0 Å². The molecule has 0 aromatic carbocycles. The molecule has 0 aromatic heterocycles. The number of allylic oxidation sites excluding steroid dienone is 2. The van der Waals surface area contributed by atoms with Gasteiger partial charge in [-0.25, -0.2) is 4.99 Å². The third-order valence-electron chi connectivity index (χ3n) is 2.25. The lowest BCUT2D eigenvalue weighted by Crippen LogP contribution is -2.33. The van der Waals surface area contributed by atoms with Gasteiger partial charge in [0.05, 0.1) is 0 Å². The minimum absolute atomic E-state index is 1.01. The minimum atomic E-state index is 1.01. The fraction of sp³-hybridized carbons (Fsp3) is 0.700. The average molecular weight is 181 g/mol. The third kappa shape index (κ3) is 3.19. The first-order chi connectivity index (χ1) is 6.24. The Morgan fingerprint density at radius 2 is 2.38 bits per heavy atom. The lowest BCUT2D eigenvalue weighted by atomic mass is 10.2. The van der Waals surface area contributed by atoms with E-state index in [1.54, 1.807) is 0 Å². The Balaban J connectivity index is 2.46. The standard InChI is InChI=1S/C10H19N3/c1-9-5-4-6-10(12-9)13(3)8-7-11-2/h5,11H,4,6-8H2,1-3H3. The highest BCUT2D eigenvalue weighted by atomic mass is 15.2. The number of amidine groups is 1. The van der Waals surface area contributed by atoms with Crippen LogP contribution < -0.4 is 5.32 Å². The van der Waals surface area contributed by atoms with Gasteiger partial charge in [-0.15, -0.1) is 0 Å². The van der Waals surface area contributed by atoms with Gasteiger partial charge in [-0.3, -0.25) is 0 Å². The molecule has 1 aliphatic rings. The summed E-state index contributed by atoms with van der Waals surface area (Å²) in [6.07, 6.45) is 4.40. The first-order valence-corrected chi connectivity index (χ1v) is 4.84. The predicted octanol–water partition coefficient (Wildman–Crippen LogP) is 1.23. The quantitative estimate of drug-likeness (QED) is 0.709. The molecule has 74 valence electrons. The summed E-state index contributed by atoms with van der Waals surface area (Å²) < 4.78 is 0. The van der Waals surface area contributed by atoms with Crippen LogP contribution in [0.4, 0.5) is 0 Å². The fourth-order valence-corrected chi connectivity index (χ4v) is 1.40. The van der Waals surface area contributed by atoms with Gasteiger partial charge in [-0.1, -0.05) is 6.08 Å². The van der Waals surface area contributed by atoms with Crippen molar-refractivity contribution in [3.8, 4) is 0 Å². The average Bonchev–Trinajstić information content (AvgIpc) is 2.14. The van der Waals surface area contributed by atoms with Gasteiger partial charge >= 0.3 is 0 Å². The molecule has 0 aliphatic carbocycles. The number of nitrogens with one attached hydrogen (secondary N) is 1. The molecule has 3 nitrogen and oxygen atoms in total. The fourth-order valence-electron chi connectivity index (χ4n) is 1.40. The zero-order chi connectivity index (χ0) is 9.68. The SMILES string of the molecule is CNCCN(C)C1=NC(C)=CCC1. The van der Waals surface area contributed by atoms with E-state index in [0.29, 0.717) is 0 Å². The van der Waals surface area contributed by atoms with Crippen molar-refractivity contribution >= 4 is 5.84 Å². The normalized spacial score (nSPS) is 16.5. The molecule has 0 spiro atoms. The minimum Gasteiger partial charge on any atom is -0.362 e. The predicted molar refractivity (Wildman–Crippen MR) is 57.0 cm³/mol. The van der Waals surface area contributed by atoms with Gasteiger partial charge in [-0.05, 0) is 20.4 Å². The molecule has 0 aromatic rings. The van der Waals surface area contributed by atoms with Crippen LogP contribution in [0.1, 0.15) is 19.8 Å². The Bertz CT molecular complexity index is 218. The molecular formula is C10H19N3. The van der Waals surface area contributed by atoms with Crippen molar-refractivity contribution in [3.63, 3.8) is 0 Å². The van der Waals surface area contributed by atoms with Crippen LogP contribution in [0.3, 0.4) is 0 Å². The van der Waals surface area contributed by atoms with Gasteiger partial charge in [0.1, 0.15) is 5.84 Å². The van der Waals surface area contributed by atoms with Crippen LogP contribution >= 0.6 is 0 Å². The van der Waals surface area contributed by atoms with Gasteiger partial charge in [-0.2, -0.15) is 0 Å². The van der Waals surface area contributed by atoms with E-state index in [1.807, 2.05) is 7.05 Å². The van der Waals surface area contributed by atoms with Crippen molar-refractivity contribution in [2.24, 2.45) is 4.99 Å². The number of rotatable bonds is 3. The van der Waals surface area contributed by atoms with Crippen LogP contribution in [0.25, 0.3) is 0 Å². The number of likely N-dealkylation sites (N-methyl/N-ethyl adjacent to an activating group) is 2. The summed E-state index contributed by atoms with van der Waals surface area (Å²) in [6.45, 7) is 4.10. The van der Waals surface area contributed by atoms with Crippen molar-refractivity contribution in [2.75, 3.05) is 27.2 Å². The molecule has 0 saturated carbocycles. The molecule has 3 heteroatoms. The summed E-state index contributed by atoms with van der Waals surface area (Å²) in [6, 6.07) is 0. The van der Waals surface area contributed by atoms with Gasteiger partial charge in [0.2, 0.25) is 0 Å². The summed E-state index contributed by atoms with van der Waals surface area (Å²) >= 11 is 0. The highest BCUT2D eigenvalue weighted by Gasteiger charge is 2.08. The van der Waals surface area contributed by atoms with E-state index < -0.39 is 0 Å². The summed E-state index contributed by atoms with van der Waals surface area (Å²) in [4.78, 5) is 6.74. The van der Waals surface area contributed by atoms with Crippen LogP contribution in [0.15, 0.2) is 16.8 Å². The van der Waals surface area contributed by atoms with Gasteiger partial charge in [0.25, 0.3) is 0 Å². The third-order valence-corrected chi connectivity index (χ3v) is 2.25. The Labute approximate surface area is 80.5 Å². The smallest absolute Gasteiger partial charge is 0.104 e. The second kappa shape index (κ2) is 5.02. The van der Waals surface area contributed by atoms with E-state index in [9.17, 15) is 0 Å². The van der Waals surface area contributed by atoms with Crippen molar-refractivity contribution in [3.05, 3.63) is 11.8 Å². The van der Waals surface area contributed by atoms with Crippen LogP contribution in [-0.4, -0.2) is 37.9 Å². The van der Waals surface area contributed by atoms with Gasteiger partial charge in [0, 0.05) is 32.3 Å². The van der Waals surface area contributed by atoms with E-state index in [-0.39, 0.29) is 0 Å². The molecule has 0 fully saturated rings. The summed E-state index contributed by atoms with van der Waals surface area (Å²) in [5, 5.41) is 3.14. The first-order valence-electron chi connectivity index (χ1n) is 4.84. The van der Waals surface area contributed by atoms with E-state index in [2.05, 4.69) is 35.3 Å². The van der Waals surface area contributed by atoms with E-state index in [4.69, 9.17) is 0 Å². The number of hydrogen-bond donors (Lipinski definition) is 1. The maximum Gasteiger partial charge on any atom is 0.104 e. The molecule has 0 bridgehead atoms. The largest absolute Gasteiger partial charge is 0.362 e.